The number of methoxy groups -OCH3 is 1. The maximum absolute atomic E-state index is 11.9. The van der Waals surface area contributed by atoms with Crippen molar-refractivity contribution in [1.29, 1.82) is 0 Å². The van der Waals surface area contributed by atoms with Gasteiger partial charge in [0.2, 0.25) is 0 Å². The highest BCUT2D eigenvalue weighted by Crippen LogP contribution is 2.28. The quantitative estimate of drug-likeness (QED) is 0.321. The van der Waals surface area contributed by atoms with E-state index in [1.165, 1.54) is 14.2 Å². The SMILES string of the molecule is CO/N=C(/C(=O)OC)c1ccccc1CO/N=C(\N)c1snc(Cl)c1Cl. The fourth-order valence-electron chi connectivity index (χ4n) is 1.89. The number of oxime groups is 2. The van der Waals surface area contributed by atoms with Gasteiger partial charge in [-0.25, -0.2) is 4.79 Å². The Morgan fingerprint density at radius 3 is 2.62 bits per heavy atom. The molecule has 1 aromatic heterocycles. The number of aromatic nitrogens is 1. The molecular weight excluding hydrogens is 403 g/mol. The molecule has 2 aromatic rings. The number of rotatable bonds is 7. The number of hydrogen-bond acceptors (Lipinski definition) is 8. The Balaban J connectivity index is 2.20. The van der Waals surface area contributed by atoms with Crippen molar-refractivity contribution in [2.24, 2.45) is 16.0 Å². The van der Waals surface area contributed by atoms with Crippen molar-refractivity contribution < 1.29 is 19.2 Å². The summed E-state index contributed by atoms with van der Waals surface area (Å²) >= 11 is 12.8. The molecule has 0 unspecified atom stereocenters. The summed E-state index contributed by atoms with van der Waals surface area (Å²) in [7, 11) is 2.58. The van der Waals surface area contributed by atoms with Crippen LogP contribution in [-0.2, 0) is 25.8 Å². The molecule has 26 heavy (non-hydrogen) atoms. The monoisotopic (exact) mass is 416 g/mol. The van der Waals surface area contributed by atoms with E-state index in [1.807, 2.05) is 0 Å². The summed E-state index contributed by atoms with van der Waals surface area (Å²) in [4.78, 5) is 22.3. The van der Waals surface area contributed by atoms with E-state index < -0.39 is 5.97 Å². The van der Waals surface area contributed by atoms with Crippen LogP contribution in [0.1, 0.15) is 16.0 Å². The second-order valence-electron chi connectivity index (χ2n) is 4.64. The molecule has 0 aliphatic heterocycles. The van der Waals surface area contributed by atoms with Gasteiger partial charge >= 0.3 is 5.97 Å². The average Bonchev–Trinajstić information content (AvgIpc) is 2.98. The molecule has 0 fully saturated rings. The number of amidine groups is 1. The zero-order valence-corrected chi connectivity index (χ0v) is 16.1. The molecule has 1 heterocycles. The lowest BCUT2D eigenvalue weighted by Gasteiger charge is -2.09. The number of ether oxygens (including phenoxy) is 1. The minimum atomic E-state index is -0.645. The maximum atomic E-state index is 11.9. The summed E-state index contributed by atoms with van der Waals surface area (Å²) in [6.07, 6.45) is 0. The Labute approximate surface area is 163 Å². The first kappa shape index (κ1) is 20.0. The standard InChI is InChI=1S/C15H14Cl2N4O4S/c1-23-15(22)11(19-24-2)9-6-4-3-5-8(9)7-25-20-14(18)12-10(16)13(17)21-26-12/h3-6H,7H2,1-2H3,(H2,18,20)/b19-11+. The van der Waals surface area contributed by atoms with E-state index >= 15 is 0 Å². The lowest BCUT2D eigenvalue weighted by Crippen LogP contribution is -2.19. The average molecular weight is 417 g/mol. The first-order valence-electron chi connectivity index (χ1n) is 7.03. The number of halogens is 2. The lowest BCUT2D eigenvalue weighted by molar-refractivity contribution is -0.132. The zero-order chi connectivity index (χ0) is 19.1. The Bertz CT molecular complexity index is 854. The van der Waals surface area contributed by atoms with E-state index in [0.29, 0.717) is 16.0 Å². The predicted molar refractivity (Wildman–Crippen MR) is 99.7 cm³/mol. The van der Waals surface area contributed by atoms with E-state index in [4.69, 9.17) is 43.3 Å². The summed E-state index contributed by atoms with van der Waals surface area (Å²) < 4.78 is 8.59. The van der Waals surface area contributed by atoms with E-state index in [2.05, 4.69) is 14.7 Å². The molecule has 0 radical (unpaired) electrons. The van der Waals surface area contributed by atoms with Crippen LogP contribution in [0.5, 0.6) is 0 Å². The van der Waals surface area contributed by atoms with E-state index in [-0.39, 0.29) is 28.3 Å². The summed E-state index contributed by atoms with van der Waals surface area (Å²) in [6, 6.07) is 6.94. The van der Waals surface area contributed by atoms with Crippen molar-refractivity contribution in [3.8, 4) is 0 Å². The molecule has 138 valence electrons. The first-order valence-corrected chi connectivity index (χ1v) is 8.56. The summed E-state index contributed by atoms with van der Waals surface area (Å²) in [5, 5.41) is 7.89. The number of nitrogens with two attached hydrogens (primary N) is 1. The second-order valence-corrected chi connectivity index (χ2v) is 6.15. The van der Waals surface area contributed by atoms with Gasteiger partial charge in [-0.05, 0) is 11.5 Å². The van der Waals surface area contributed by atoms with Crippen molar-refractivity contribution in [1.82, 2.24) is 4.37 Å². The van der Waals surface area contributed by atoms with Gasteiger partial charge in [0.15, 0.2) is 16.7 Å². The van der Waals surface area contributed by atoms with Crippen LogP contribution >= 0.6 is 34.7 Å². The van der Waals surface area contributed by atoms with Gasteiger partial charge in [-0.3, -0.25) is 0 Å². The van der Waals surface area contributed by atoms with Gasteiger partial charge in [0.25, 0.3) is 0 Å². The topological polar surface area (TPSA) is 108 Å². The van der Waals surface area contributed by atoms with Crippen molar-refractivity contribution in [3.05, 3.63) is 50.4 Å². The van der Waals surface area contributed by atoms with Gasteiger partial charge < -0.3 is 20.1 Å². The molecule has 0 atom stereocenters. The van der Waals surface area contributed by atoms with Gasteiger partial charge in [-0.1, -0.05) is 57.8 Å². The van der Waals surface area contributed by atoms with Crippen molar-refractivity contribution in [3.63, 3.8) is 0 Å². The van der Waals surface area contributed by atoms with E-state index in [1.54, 1.807) is 24.3 Å². The minimum absolute atomic E-state index is 0.00318. The Morgan fingerprint density at radius 2 is 2.00 bits per heavy atom. The molecule has 0 aliphatic carbocycles. The molecule has 0 saturated heterocycles. The van der Waals surface area contributed by atoms with Crippen LogP contribution in [0.4, 0.5) is 0 Å². The van der Waals surface area contributed by atoms with Gasteiger partial charge in [0, 0.05) is 11.1 Å². The van der Waals surface area contributed by atoms with Crippen LogP contribution in [0.25, 0.3) is 0 Å². The highest BCUT2D eigenvalue weighted by molar-refractivity contribution is 7.09. The highest BCUT2D eigenvalue weighted by Gasteiger charge is 2.19. The molecule has 2 N–H and O–H groups in total. The molecule has 1 aromatic carbocycles. The highest BCUT2D eigenvalue weighted by atomic mass is 35.5. The van der Waals surface area contributed by atoms with Crippen LogP contribution in [0.2, 0.25) is 10.2 Å². The lowest BCUT2D eigenvalue weighted by atomic mass is 10.0. The van der Waals surface area contributed by atoms with Crippen molar-refractivity contribution in [2.45, 2.75) is 6.61 Å². The van der Waals surface area contributed by atoms with Gasteiger partial charge in [0.1, 0.15) is 23.6 Å². The normalized spacial score (nSPS) is 12.0. The number of nitrogens with zero attached hydrogens (tertiary/aromatic N) is 3. The molecule has 11 heteroatoms. The van der Waals surface area contributed by atoms with Gasteiger partial charge in [0.05, 0.1) is 7.11 Å². The molecule has 0 aliphatic rings. The summed E-state index contributed by atoms with van der Waals surface area (Å²) in [6.45, 7) is 0.0146. The molecular formula is C15H14Cl2N4O4S. The molecule has 0 saturated carbocycles. The van der Waals surface area contributed by atoms with Crippen LogP contribution in [-0.4, -0.2) is 36.1 Å². The largest absolute Gasteiger partial charge is 0.464 e. The van der Waals surface area contributed by atoms with Crippen LogP contribution in [0, 0.1) is 0 Å². The third-order valence-electron chi connectivity index (χ3n) is 3.05. The second kappa shape index (κ2) is 9.37. The Hall–Kier alpha value is -2.36. The third kappa shape index (κ3) is 4.63. The summed E-state index contributed by atoms with van der Waals surface area (Å²) in [5.74, 6) is -0.607. The predicted octanol–water partition coefficient (Wildman–Crippen LogP) is 2.81. The van der Waals surface area contributed by atoms with Crippen molar-refractivity contribution >= 4 is 52.3 Å². The minimum Gasteiger partial charge on any atom is -0.464 e. The van der Waals surface area contributed by atoms with Crippen LogP contribution in [0.3, 0.4) is 0 Å². The number of hydrogen-bond donors (Lipinski definition) is 1. The number of carbonyl (C=O) groups excluding carboxylic acids is 1. The first-order chi connectivity index (χ1) is 12.5. The smallest absolute Gasteiger partial charge is 0.360 e. The van der Waals surface area contributed by atoms with E-state index in [9.17, 15) is 4.79 Å². The molecule has 0 spiro atoms. The maximum Gasteiger partial charge on any atom is 0.360 e. The van der Waals surface area contributed by atoms with Crippen LogP contribution < -0.4 is 5.73 Å². The number of esters is 1. The molecule has 8 nitrogen and oxygen atoms in total. The Morgan fingerprint density at radius 1 is 1.27 bits per heavy atom. The Kier molecular flexibility index (Phi) is 7.19. The molecule has 2 rings (SSSR count). The zero-order valence-electron chi connectivity index (χ0n) is 13.7. The van der Waals surface area contributed by atoms with Crippen LogP contribution in [0.15, 0.2) is 34.6 Å². The van der Waals surface area contributed by atoms with Gasteiger partial charge in [-0.2, -0.15) is 4.37 Å². The van der Waals surface area contributed by atoms with E-state index in [0.717, 1.165) is 11.5 Å². The fraction of sp³-hybridized carbons (Fsp3) is 0.200. The number of benzene rings is 1. The molecule has 0 bridgehead atoms. The van der Waals surface area contributed by atoms with Crippen molar-refractivity contribution in [2.75, 3.05) is 14.2 Å². The van der Waals surface area contributed by atoms with Gasteiger partial charge in [-0.15, -0.1) is 0 Å². The number of carbonyl (C=O) groups is 1. The third-order valence-corrected chi connectivity index (χ3v) is 4.87. The fourth-order valence-corrected chi connectivity index (χ4v) is 3.01. The molecule has 0 amide bonds. The summed E-state index contributed by atoms with van der Waals surface area (Å²) in [5.41, 5.74) is 6.93.